The number of benzene rings is 2. The predicted octanol–water partition coefficient (Wildman–Crippen LogP) is 5.34. The third-order valence-electron chi connectivity index (χ3n) is 4.19. The van der Waals surface area contributed by atoms with Gasteiger partial charge in [0.2, 0.25) is 0 Å². The summed E-state index contributed by atoms with van der Waals surface area (Å²) in [7, 11) is 0. The third-order valence-corrected chi connectivity index (χ3v) is 5.17. The van der Waals surface area contributed by atoms with Crippen molar-refractivity contribution < 1.29 is 14.6 Å². The lowest BCUT2D eigenvalue weighted by atomic mass is 10.00. The quantitative estimate of drug-likeness (QED) is 0.338. The van der Waals surface area contributed by atoms with Gasteiger partial charge in [0.25, 0.3) is 0 Å². The summed E-state index contributed by atoms with van der Waals surface area (Å²) in [5.41, 5.74) is 12.6. The fraction of sp³-hybridized carbons (Fsp3) is 0.333. The first kappa shape index (κ1) is 19.4. The van der Waals surface area contributed by atoms with Gasteiger partial charge in [-0.2, -0.15) is 0 Å². The van der Waals surface area contributed by atoms with Crippen LogP contribution < -0.4 is 0 Å². The Balaban J connectivity index is 0.000000152. The second-order valence-corrected chi connectivity index (χ2v) is 7.78. The number of hydrogen-bond acceptors (Lipinski definition) is 4. The van der Waals surface area contributed by atoms with Gasteiger partial charge in [-0.25, -0.2) is 0 Å². The Morgan fingerprint density at radius 3 is 2.19 bits per heavy atom. The molecule has 2 aromatic carbocycles. The van der Waals surface area contributed by atoms with E-state index in [2.05, 4.69) is 41.9 Å². The summed E-state index contributed by atoms with van der Waals surface area (Å²) < 4.78 is 12.6. The van der Waals surface area contributed by atoms with Crippen LogP contribution in [-0.2, 0) is 22.7 Å². The molecule has 6 nitrogen and oxygen atoms in total. The van der Waals surface area contributed by atoms with Crippen LogP contribution in [0.4, 0.5) is 0 Å². The minimum absolute atomic E-state index is 0.183. The molecule has 2 aromatic rings. The number of azide groups is 1. The van der Waals surface area contributed by atoms with Gasteiger partial charge >= 0.3 is 0 Å². The monoisotopic (exact) mass is 481 g/mol. The molecule has 1 N–H and O–H groups in total. The van der Waals surface area contributed by atoms with Gasteiger partial charge in [0.05, 0.1) is 32.5 Å². The first-order chi connectivity index (χ1) is 12.6. The Hall–Kier alpha value is -1.41. The molecule has 2 aliphatic heterocycles. The van der Waals surface area contributed by atoms with E-state index in [4.69, 9.17) is 15.0 Å². The highest BCUT2D eigenvalue weighted by atomic mass is 79.9. The number of aliphatic hydroxyl groups is 1. The van der Waals surface area contributed by atoms with E-state index in [1.165, 1.54) is 0 Å². The molecule has 0 fully saturated rings. The van der Waals surface area contributed by atoms with Gasteiger partial charge in [-0.3, -0.25) is 0 Å². The Bertz CT molecular complexity index is 840. The number of aliphatic hydroxyl groups excluding tert-OH is 1. The molecular formula is C18H17Br2N3O3. The van der Waals surface area contributed by atoms with Crippen LogP contribution in [0.15, 0.2) is 50.5 Å². The molecule has 136 valence electrons. The van der Waals surface area contributed by atoms with Crippen LogP contribution in [0, 0.1) is 0 Å². The van der Waals surface area contributed by atoms with E-state index in [1.807, 2.05) is 36.4 Å². The van der Waals surface area contributed by atoms with E-state index in [-0.39, 0.29) is 6.04 Å². The van der Waals surface area contributed by atoms with Crippen LogP contribution in [0.2, 0.25) is 0 Å². The number of ether oxygens (including phenoxy) is 2. The molecule has 26 heavy (non-hydrogen) atoms. The Labute approximate surface area is 168 Å². The molecule has 0 radical (unpaired) electrons. The second-order valence-electron chi connectivity index (χ2n) is 5.95. The minimum Gasteiger partial charge on any atom is -0.386 e. The van der Waals surface area contributed by atoms with Crippen molar-refractivity contribution in [1.82, 2.24) is 0 Å². The Morgan fingerprint density at radius 2 is 1.54 bits per heavy atom. The van der Waals surface area contributed by atoms with Crippen molar-refractivity contribution in [1.29, 1.82) is 0 Å². The smallest absolute Gasteiger partial charge is 0.103 e. The van der Waals surface area contributed by atoms with Crippen molar-refractivity contribution in [2.45, 2.75) is 25.4 Å². The molecule has 2 unspecified atom stereocenters. The van der Waals surface area contributed by atoms with Crippen LogP contribution in [-0.4, -0.2) is 18.3 Å². The zero-order valence-corrected chi connectivity index (χ0v) is 17.0. The normalized spacial score (nSPS) is 20.7. The third kappa shape index (κ3) is 4.65. The summed E-state index contributed by atoms with van der Waals surface area (Å²) in [4.78, 5) is 2.81. The van der Waals surface area contributed by atoms with E-state index in [1.54, 1.807) is 0 Å². The molecule has 2 aliphatic rings. The van der Waals surface area contributed by atoms with Crippen LogP contribution in [0.3, 0.4) is 0 Å². The van der Waals surface area contributed by atoms with Crippen LogP contribution in [0.1, 0.15) is 34.4 Å². The van der Waals surface area contributed by atoms with Crippen molar-refractivity contribution in [2.75, 3.05) is 13.2 Å². The average Bonchev–Trinajstić information content (AvgIpc) is 2.62. The summed E-state index contributed by atoms with van der Waals surface area (Å²) in [6.07, 6.45) is -0.457. The van der Waals surface area contributed by atoms with Crippen LogP contribution in [0.25, 0.3) is 10.4 Å². The van der Waals surface area contributed by atoms with Crippen molar-refractivity contribution in [2.24, 2.45) is 5.11 Å². The zero-order valence-electron chi connectivity index (χ0n) is 13.8. The van der Waals surface area contributed by atoms with E-state index in [9.17, 15) is 5.11 Å². The maximum atomic E-state index is 9.51. The number of halogens is 2. The molecule has 8 heteroatoms. The lowest BCUT2D eigenvalue weighted by Crippen LogP contribution is -2.15. The predicted molar refractivity (Wildman–Crippen MR) is 104 cm³/mol. The average molecular weight is 483 g/mol. The van der Waals surface area contributed by atoms with Crippen molar-refractivity contribution in [3.8, 4) is 0 Å². The molecule has 0 aromatic heterocycles. The second kappa shape index (κ2) is 8.99. The van der Waals surface area contributed by atoms with Crippen LogP contribution >= 0.6 is 31.9 Å². The van der Waals surface area contributed by atoms with Gasteiger partial charge in [-0.15, -0.1) is 0 Å². The molecule has 0 bridgehead atoms. The molecule has 0 saturated heterocycles. The lowest BCUT2D eigenvalue weighted by molar-refractivity contribution is 0.00977. The van der Waals surface area contributed by atoms with Gasteiger partial charge in [0.15, 0.2) is 0 Å². The van der Waals surface area contributed by atoms with Crippen molar-refractivity contribution >= 4 is 31.9 Å². The van der Waals surface area contributed by atoms with E-state index in [0.717, 1.165) is 31.2 Å². The molecule has 0 amide bonds. The standard InChI is InChI=1S/C9H8BrN3O.C9H9BrO2/c10-7-1-2-8-6(3-7)4-14-5-9(8)12-13-11;10-7-1-2-8-6(3-7)4-12-5-9(8)11/h1-3,9H,4-5H2;1-3,9,11H,4-5H2. The maximum Gasteiger partial charge on any atom is 0.103 e. The minimum atomic E-state index is -0.457. The SMILES string of the molecule is OC1COCc2cc(Br)ccc21.[N-]=[N+]=NC1COCc2cc(Br)ccc21. The highest BCUT2D eigenvalue weighted by Gasteiger charge is 2.19. The fourth-order valence-corrected chi connectivity index (χ4v) is 3.76. The summed E-state index contributed by atoms with van der Waals surface area (Å²) >= 11 is 6.76. The Kier molecular flexibility index (Phi) is 6.69. The van der Waals surface area contributed by atoms with Gasteiger partial charge in [-0.05, 0) is 52.1 Å². The van der Waals surface area contributed by atoms with Gasteiger partial charge in [0, 0.05) is 13.9 Å². The summed E-state index contributed by atoms with van der Waals surface area (Å²) in [6.45, 7) is 2.07. The molecule has 2 atom stereocenters. The fourth-order valence-electron chi connectivity index (χ4n) is 2.95. The largest absolute Gasteiger partial charge is 0.386 e. The Morgan fingerprint density at radius 1 is 0.962 bits per heavy atom. The van der Waals surface area contributed by atoms with E-state index in [0.29, 0.717) is 26.4 Å². The van der Waals surface area contributed by atoms with E-state index < -0.39 is 6.10 Å². The topological polar surface area (TPSA) is 87.5 Å². The maximum absolute atomic E-state index is 9.51. The number of rotatable bonds is 1. The molecule has 2 heterocycles. The van der Waals surface area contributed by atoms with Crippen molar-refractivity contribution in [3.05, 3.63) is 78.0 Å². The number of hydrogen-bond donors (Lipinski definition) is 1. The lowest BCUT2D eigenvalue weighted by Gasteiger charge is -2.22. The summed E-state index contributed by atoms with van der Waals surface area (Å²) in [5.74, 6) is 0. The van der Waals surface area contributed by atoms with Gasteiger partial charge < -0.3 is 14.6 Å². The number of nitrogens with zero attached hydrogens (tertiary/aromatic N) is 3. The number of fused-ring (bicyclic) bond motifs is 2. The van der Waals surface area contributed by atoms with Crippen molar-refractivity contribution in [3.63, 3.8) is 0 Å². The highest BCUT2D eigenvalue weighted by Crippen LogP contribution is 2.30. The van der Waals surface area contributed by atoms with E-state index >= 15 is 0 Å². The molecule has 0 aliphatic carbocycles. The first-order valence-electron chi connectivity index (χ1n) is 8.03. The molecule has 0 saturated carbocycles. The highest BCUT2D eigenvalue weighted by molar-refractivity contribution is 9.10. The van der Waals surface area contributed by atoms with Gasteiger partial charge in [-0.1, -0.05) is 49.1 Å². The molecule has 0 spiro atoms. The molecular weight excluding hydrogens is 466 g/mol. The summed E-state index contributed by atoms with van der Waals surface area (Å²) in [5, 5.41) is 13.2. The van der Waals surface area contributed by atoms with Gasteiger partial charge in [0.1, 0.15) is 6.10 Å². The first-order valence-corrected chi connectivity index (χ1v) is 9.61. The molecule has 4 rings (SSSR count). The zero-order chi connectivity index (χ0) is 18.5. The van der Waals surface area contributed by atoms with Crippen LogP contribution in [0.5, 0.6) is 0 Å². The summed E-state index contributed by atoms with van der Waals surface area (Å²) in [6, 6.07) is 11.6.